The van der Waals surface area contributed by atoms with Crippen molar-refractivity contribution in [1.29, 1.82) is 0 Å². The molecular weight excluding hydrogens is 512 g/mol. The monoisotopic (exact) mass is 532 g/mol. The molecule has 3 aromatic carbocycles. The maximum Gasteiger partial charge on any atom is 0.301 e. The minimum absolute atomic E-state index is 0.000584. The van der Waals surface area contributed by atoms with Gasteiger partial charge >= 0.3 is 5.91 Å². The first-order valence-electron chi connectivity index (χ1n) is 11.6. The second kappa shape index (κ2) is 8.90. The van der Waals surface area contributed by atoms with Gasteiger partial charge in [0.05, 0.1) is 28.9 Å². The van der Waals surface area contributed by atoms with Crippen LogP contribution >= 0.6 is 22.9 Å². The Morgan fingerprint density at radius 2 is 1.92 bits per heavy atom. The summed E-state index contributed by atoms with van der Waals surface area (Å²) in [7, 11) is 1.56. The number of carbonyl (C=O) groups excluding carboxylic acids is 2. The van der Waals surface area contributed by atoms with Crippen molar-refractivity contribution in [1.82, 2.24) is 4.98 Å². The lowest BCUT2D eigenvalue weighted by molar-refractivity contribution is -0.132. The molecule has 1 N–H and O–H groups in total. The lowest BCUT2D eigenvalue weighted by atomic mass is 9.94. The van der Waals surface area contributed by atoms with Gasteiger partial charge in [-0.15, -0.1) is 0 Å². The van der Waals surface area contributed by atoms with Crippen molar-refractivity contribution in [3.05, 3.63) is 87.9 Å². The van der Waals surface area contributed by atoms with Crippen LogP contribution in [0.2, 0.25) is 5.02 Å². The second-order valence-corrected chi connectivity index (χ2v) is 10.5. The second-order valence-electron chi connectivity index (χ2n) is 9.01. The number of carbonyl (C=O) groups is 2. The summed E-state index contributed by atoms with van der Waals surface area (Å²) in [6, 6.07) is 16.7. The largest absolute Gasteiger partial charge is 0.507 e. The third-order valence-electron chi connectivity index (χ3n) is 6.59. The summed E-state index contributed by atoms with van der Waals surface area (Å²) < 4.78 is 11.8. The Bertz CT molecular complexity index is 1610. The molecule has 2 aliphatic heterocycles. The molecule has 1 aromatic heterocycles. The van der Waals surface area contributed by atoms with E-state index in [2.05, 4.69) is 4.98 Å². The Morgan fingerprint density at radius 3 is 2.68 bits per heavy atom. The van der Waals surface area contributed by atoms with Crippen LogP contribution in [0.3, 0.4) is 0 Å². The molecule has 0 radical (unpaired) electrons. The maximum absolute atomic E-state index is 13.5. The third kappa shape index (κ3) is 3.93. The van der Waals surface area contributed by atoms with Gasteiger partial charge in [0.15, 0.2) is 5.13 Å². The number of thiazole rings is 1. The number of anilines is 1. The average molecular weight is 533 g/mol. The fourth-order valence-electron chi connectivity index (χ4n) is 4.85. The van der Waals surface area contributed by atoms with Gasteiger partial charge < -0.3 is 14.6 Å². The predicted octanol–water partition coefficient (Wildman–Crippen LogP) is 5.91. The molecule has 2 atom stereocenters. The van der Waals surface area contributed by atoms with Crippen molar-refractivity contribution >= 4 is 55.7 Å². The molecule has 1 fully saturated rings. The number of benzene rings is 3. The molecule has 4 aromatic rings. The summed E-state index contributed by atoms with van der Waals surface area (Å²) in [6.07, 6.45) is 0.728. The van der Waals surface area contributed by atoms with E-state index in [1.54, 1.807) is 61.7 Å². The zero-order valence-corrected chi connectivity index (χ0v) is 21.5. The number of fused-ring (bicyclic) bond motifs is 2. The Labute approximate surface area is 221 Å². The van der Waals surface area contributed by atoms with E-state index in [9.17, 15) is 14.7 Å². The molecule has 186 valence electrons. The number of hydrogen-bond donors (Lipinski definition) is 1. The normalized spacial score (nSPS) is 20.4. The van der Waals surface area contributed by atoms with Gasteiger partial charge in [-0.3, -0.25) is 14.5 Å². The lowest BCUT2D eigenvalue weighted by Crippen LogP contribution is -2.29. The van der Waals surface area contributed by atoms with Crippen molar-refractivity contribution in [2.75, 3.05) is 12.0 Å². The van der Waals surface area contributed by atoms with Crippen molar-refractivity contribution in [2.45, 2.75) is 25.5 Å². The summed E-state index contributed by atoms with van der Waals surface area (Å²) in [6.45, 7) is 1.97. The number of ketones is 1. The summed E-state index contributed by atoms with van der Waals surface area (Å²) in [4.78, 5) is 32.9. The summed E-state index contributed by atoms with van der Waals surface area (Å²) in [5.74, 6) is -0.396. The van der Waals surface area contributed by atoms with Gasteiger partial charge in [0.2, 0.25) is 0 Å². The van der Waals surface area contributed by atoms with Gasteiger partial charge in [-0.25, -0.2) is 4.98 Å². The molecule has 0 aliphatic carbocycles. The van der Waals surface area contributed by atoms with Crippen LogP contribution in [0.5, 0.6) is 11.5 Å². The maximum atomic E-state index is 13.5. The van der Waals surface area contributed by atoms with Crippen LogP contribution < -0.4 is 14.4 Å². The highest BCUT2D eigenvalue weighted by Gasteiger charge is 2.48. The van der Waals surface area contributed by atoms with E-state index in [-0.39, 0.29) is 17.4 Å². The summed E-state index contributed by atoms with van der Waals surface area (Å²) >= 11 is 7.42. The molecule has 2 aliphatic rings. The summed E-state index contributed by atoms with van der Waals surface area (Å²) in [5.41, 5.74) is 2.68. The zero-order chi connectivity index (χ0) is 25.8. The van der Waals surface area contributed by atoms with E-state index < -0.39 is 17.7 Å². The zero-order valence-electron chi connectivity index (χ0n) is 19.9. The number of Topliss-reactive ketones (excluding diaryl/α,β-unsaturated/α-hetero) is 1. The van der Waals surface area contributed by atoms with E-state index in [0.29, 0.717) is 39.0 Å². The van der Waals surface area contributed by atoms with E-state index >= 15 is 0 Å². The third-order valence-corrected chi connectivity index (χ3v) is 7.84. The highest BCUT2D eigenvalue weighted by molar-refractivity contribution is 7.22. The molecule has 7 nitrogen and oxygen atoms in total. The van der Waals surface area contributed by atoms with Crippen LogP contribution in [0.15, 0.2) is 66.2 Å². The number of amides is 1. The Kier molecular flexibility index (Phi) is 5.66. The topological polar surface area (TPSA) is 89.0 Å². The highest BCUT2D eigenvalue weighted by atomic mass is 35.5. The number of methoxy groups -OCH3 is 1. The van der Waals surface area contributed by atoms with Crippen molar-refractivity contribution < 1.29 is 24.2 Å². The highest BCUT2D eigenvalue weighted by Crippen LogP contribution is 2.45. The fourth-order valence-corrected chi connectivity index (χ4v) is 6.11. The molecule has 3 heterocycles. The molecule has 1 saturated heterocycles. The van der Waals surface area contributed by atoms with Crippen LogP contribution in [-0.2, 0) is 16.0 Å². The van der Waals surface area contributed by atoms with Crippen molar-refractivity contribution in [3.8, 4) is 11.5 Å². The smallest absolute Gasteiger partial charge is 0.301 e. The minimum Gasteiger partial charge on any atom is -0.507 e. The van der Waals surface area contributed by atoms with Crippen LogP contribution in [0, 0.1) is 0 Å². The van der Waals surface area contributed by atoms with E-state index in [4.69, 9.17) is 21.1 Å². The van der Waals surface area contributed by atoms with Crippen LogP contribution in [0.25, 0.3) is 16.0 Å². The predicted molar refractivity (Wildman–Crippen MR) is 143 cm³/mol. The standard InChI is InChI=1S/C28H21ClN2O5S/c1-14-11-17-12-16(5-10-21(17)36-14)25(32)23-24(15-3-7-19(35-2)8-4-15)31(27(34)26(23)33)28-30-20-9-6-18(29)13-22(20)37-28/h3-10,12-14,24,32H,11H2,1-2H3/b25-23+/t14-,24+/m1/s1. The number of nitrogens with zero attached hydrogens (tertiary/aromatic N) is 2. The van der Waals surface area contributed by atoms with Crippen LogP contribution in [-0.4, -0.2) is 35.0 Å². The van der Waals surface area contributed by atoms with E-state index in [1.807, 2.05) is 13.0 Å². The quantitative estimate of drug-likeness (QED) is 0.200. The van der Waals surface area contributed by atoms with Gasteiger partial charge in [0.1, 0.15) is 23.4 Å². The Hall–Kier alpha value is -3.88. The number of aliphatic hydroxyl groups is 1. The van der Waals surface area contributed by atoms with Gasteiger partial charge in [-0.2, -0.15) is 0 Å². The first kappa shape index (κ1) is 23.5. The first-order chi connectivity index (χ1) is 17.8. The van der Waals surface area contributed by atoms with Gasteiger partial charge in [-0.1, -0.05) is 35.1 Å². The number of halogens is 1. The van der Waals surface area contributed by atoms with E-state index in [1.165, 1.54) is 16.2 Å². The SMILES string of the molecule is COc1ccc([C@H]2/C(=C(\O)c3ccc4c(c3)C[C@@H](C)O4)C(=O)C(=O)N2c2nc3ccc(Cl)cc3s2)cc1. The number of hydrogen-bond acceptors (Lipinski definition) is 7. The van der Waals surface area contributed by atoms with Crippen LogP contribution in [0.1, 0.15) is 29.7 Å². The minimum atomic E-state index is -0.884. The molecule has 37 heavy (non-hydrogen) atoms. The van der Waals surface area contributed by atoms with Crippen molar-refractivity contribution in [2.24, 2.45) is 0 Å². The number of ether oxygens (including phenoxy) is 2. The summed E-state index contributed by atoms with van der Waals surface area (Å²) in [5, 5.41) is 12.3. The molecule has 9 heteroatoms. The Balaban J connectivity index is 1.53. The molecule has 0 spiro atoms. The van der Waals surface area contributed by atoms with E-state index in [0.717, 1.165) is 16.0 Å². The number of rotatable bonds is 4. The number of aromatic nitrogens is 1. The molecule has 0 bridgehead atoms. The first-order valence-corrected chi connectivity index (χ1v) is 12.8. The fraction of sp³-hybridized carbons (Fsp3) is 0.179. The van der Waals surface area contributed by atoms with Crippen molar-refractivity contribution in [3.63, 3.8) is 0 Å². The van der Waals surface area contributed by atoms with Gasteiger partial charge in [-0.05, 0) is 66.6 Å². The van der Waals surface area contributed by atoms with Gasteiger partial charge in [0, 0.05) is 17.0 Å². The van der Waals surface area contributed by atoms with Crippen LogP contribution in [0.4, 0.5) is 5.13 Å². The molecule has 1 amide bonds. The molecule has 0 saturated carbocycles. The molecule has 6 rings (SSSR count). The Morgan fingerprint density at radius 1 is 1.14 bits per heavy atom. The molecular formula is C28H21ClN2O5S. The van der Waals surface area contributed by atoms with Gasteiger partial charge in [0.25, 0.3) is 5.78 Å². The number of aliphatic hydroxyl groups excluding tert-OH is 1. The average Bonchev–Trinajstić information content (AvgIpc) is 3.55. The lowest BCUT2D eigenvalue weighted by Gasteiger charge is -2.23. The molecule has 0 unspecified atom stereocenters.